The lowest BCUT2D eigenvalue weighted by Crippen LogP contribution is -2.48. The van der Waals surface area contributed by atoms with E-state index < -0.39 is 0 Å². The van der Waals surface area contributed by atoms with E-state index in [0.29, 0.717) is 27.3 Å². The van der Waals surface area contributed by atoms with Crippen molar-refractivity contribution in [3.63, 3.8) is 0 Å². The fraction of sp³-hybridized carbons (Fsp3) is 0.409. The van der Waals surface area contributed by atoms with Gasteiger partial charge in [0.25, 0.3) is 0 Å². The van der Waals surface area contributed by atoms with E-state index >= 15 is 0 Å². The molecule has 6 heteroatoms. The fourth-order valence-electron chi connectivity index (χ4n) is 4.27. The number of phenols is 1. The first-order valence-electron chi connectivity index (χ1n) is 9.46. The number of fused-ring (bicyclic) bond motifs is 2. The van der Waals surface area contributed by atoms with Gasteiger partial charge in [0, 0.05) is 6.42 Å². The molecule has 0 saturated heterocycles. The van der Waals surface area contributed by atoms with Crippen molar-refractivity contribution in [2.75, 3.05) is 34.5 Å². The molecule has 4 rings (SSSR count). The number of quaternary nitrogens is 1. The van der Waals surface area contributed by atoms with Gasteiger partial charge in [-0.1, -0.05) is 11.6 Å². The molecule has 0 spiro atoms. The molecule has 0 fully saturated rings. The lowest BCUT2D eigenvalue weighted by Gasteiger charge is -2.43. The molecule has 1 N–H and O–H groups in total. The molecule has 2 aromatic carbocycles. The van der Waals surface area contributed by atoms with Crippen molar-refractivity contribution in [3.05, 3.63) is 46.5 Å². The van der Waals surface area contributed by atoms with E-state index in [2.05, 4.69) is 14.1 Å². The molecule has 2 heterocycles. The van der Waals surface area contributed by atoms with Crippen LogP contribution in [0.15, 0.2) is 24.3 Å². The Hall–Kier alpha value is -2.73. The number of Topliss-reactive ketones (excluding diaryl/α,β-unsaturated/α-hetero) is 1. The minimum Gasteiger partial charge on any atom is -0.507 e. The summed E-state index contributed by atoms with van der Waals surface area (Å²) in [7, 11) is 5.87. The second kappa shape index (κ2) is 6.71. The van der Waals surface area contributed by atoms with E-state index in [0.717, 1.165) is 29.7 Å². The predicted octanol–water partition coefficient (Wildman–Crippen LogP) is 3.38. The second-order valence-electron chi connectivity index (χ2n) is 8.13. The van der Waals surface area contributed by atoms with E-state index in [1.807, 2.05) is 13.0 Å². The van der Waals surface area contributed by atoms with E-state index in [1.165, 1.54) is 0 Å². The number of benzene rings is 2. The number of carbonyl (C=O) groups is 1. The van der Waals surface area contributed by atoms with Crippen LogP contribution in [-0.2, 0) is 6.42 Å². The summed E-state index contributed by atoms with van der Waals surface area (Å²) >= 11 is 0. The number of ether oxygens (including phenoxy) is 3. The number of carbonyl (C=O) groups excluding carboxylic acids is 1. The maximum absolute atomic E-state index is 13.2. The maximum atomic E-state index is 13.2. The molecule has 2 aromatic rings. The fourth-order valence-corrected chi connectivity index (χ4v) is 4.27. The van der Waals surface area contributed by atoms with Crippen LogP contribution in [0.25, 0.3) is 0 Å². The van der Waals surface area contributed by atoms with Gasteiger partial charge in [0.05, 0.1) is 45.3 Å². The topological polar surface area (TPSA) is 65.0 Å². The number of ketones is 1. The quantitative estimate of drug-likeness (QED) is 0.647. The molecule has 6 nitrogen and oxygen atoms in total. The monoisotopic (exact) mass is 384 g/mol. The Kier molecular flexibility index (Phi) is 4.46. The van der Waals surface area contributed by atoms with Crippen molar-refractivity contribution in [2.45, 2.75) is 25.8 Å². The van der Waals surface area contributed by atoms with Crippen LogP contribution in [-0.4, -0.2) is 49.9 Å². The lowest BCUT2D eigenvalue weighted by molar-refractivity contribution is -0.922. The molecule has 0 unspecified atom stereocenters. The predicted molar refractivity (Wildman–Crippen MR) is 104 cm³/mol. The van der Waals surface area contributed by atoms with Crippen LogP contribution < -0.4 is 14.2 Å². The van der Waals surface area contributed by atoms with Crippen molar-refractivity contribution in [1.29, 1.82) is 0 Å². The molecular weight excluding hydrogens is 358 g/mol. The number of phenolic OH excluding ortho intramolecular Hbond substituents is 1. The minimum absolute atomic E-state index is 0.0228. The molecule has 0 aliphatic carbocycles. The summed E-state index contributed by atoms with van der Waals surface area (Å²) in [5.74, 6) is 1.91. The number of hydrogen-bond acceptors (Lipinski definition) is 5. The van der Waals surface area contributed by atoms with Crippen molar-refractivity contribution < 1.29 is 28.6 Å². The van der Waals surface area contributed by atoms with Crippen LogP contribution in [0.3, 0.4) is 0 Å². The molecule has 148 valence electrons. The number of likely N-dealkylation sites (N-methyl/N-ethyl adjacent to an activating group) is 1. The zero-order valence-electron chi connectivity index (χ0n) is 16.7. The Balaban J connectivity index is 1.79. The van der Waals surface area contributed by atoms with E-state index in [1.54, 1.807) is 25.3 Å². The Labute approximate surface area is 164 Å². The number of aryl methyl sites for hydroxylation is 1. The van der Waals surface area contributed by atoms with Crippen LogP contribution in [0.4, 0.5) is 0 Å². The van der Waals surface area contributed by atoms with Crippen molar-refractivity contribution >= 4 is 5.78 Å². The highest BCUT2D eigenvalue weighted by atomic mass is 16.7. The molecular formula is C22H26NO5+. The van der Waals surface area contributed by atoms with Crippen LogP contribution in [0.5, 0.6) is 23.0 Å². The maximum Gasteiger partial charge on any atom is 0.231 e. The Morgan fingerprint density at radius 2 is 2.07 bits per heavy atom. The first kappa shape index (κ1) is 18.6. The SMILES string of the molecule is COc1c2c(cc3c1[C@@H](CC(=O)c1cc(C)ccc1O)[N+](C)(C)CC3)OCO2. The van der Waals surface area contributed by atoms with Gasteiger partial charge in [-0.15, -0.1) is 0 Å². The zero-order chi connectivity index (χ0) is 20.1. The zero-order valence-corrected chi connectivity index (χ0v) is 16.7. The third kappa shape index (κ3) is 2.98. The number of nitrogens with zero attached hydrogens (tertiary/aromatic N) is 1. The summed E-state index contributed by atoms with van der Waals surface area (Å²) in [5, 5.41) is 10.2. The summed E-state index contributed by atoms with van der Waals surface area (Å²) in [6.45, 7) is 2.98. The highest BCUT2D eigenvalue weighted by Gasteiger charge is 2.42. The molecule has 0 radical (unpaired) electrons. The molecule has 0 bridgehead atoms. The first-order valence-corrected chi connectivity index (χ1v) is 9.46. The Morgan fingerprint density at radius 3 is 2.82 bits per heavy atom. The number of rotatable bonds is 4. The van der Waals surface area contributed by atoms with Gasteiger partial charge in [-0.3, -0.25) is 4.79 Å². The largest absolute Gasteiger partial charge is 0.507 e. The summed E-state index contributed by atoms with van der Waals surface area (Å²) in [6.07, 6.45) is 1.14. The highest BCUT2D eigenvalue weighted by Crippen LogP contribution is 2.51. The van der Waals surface area contributed by atoms with Crippen molar-refractivity contribution in [1.82, 2.24) is 0 Å². The minimum atomic E-state index is -0.111. The van der Waals surface area contributed by atoms with Gasteiger partial charge >= 0.3 is 0 Å². The molecule has 0 amide bonds. The normalized spacial score (nSPS) is 19.2. The van der Waals surface area contributed by atoms with Gasteiger partial charge in [-0.25, -0.2) is 0 Å². The molecule has 1 atom stereocenters. The first-order chi connectivity index (χ1) is 13.3. The molecule has 2 aliphatic heterocycles. The van der Waals surface area contributed by atoms with Gasteiger partial charge < -0.3 is 23.8 Å². The van der Waals surface area contributed by atoms with Crippen LogP contribution in [0.2, 0.25) is 0 Å². The molecule has 2 aliphatic rings. The second-order valence-corrected chi connectivity index (χ2v) is 8.13. The number of aromatic hydroxyl groups is 1. The van der Waals surface area contributed by atoms with E-state index in [9.17, 15) is 9.90 Å². The Morgan fingerprint density at radius 1 is 1.29 bits per heavy atom. The average Bonchev–Trinajstić information content (AvgIpc) is 3.12. The highest BCUT2D eigenvalue weighted by molar-refractivity contribution is 5.99. The van der Waals surface area contributed by atoms with Gasteiger partial charge in [0.2, 0.25) is 12.5 Å². The summed E-state index contributed by atoms with van der Waals surface area (Å²) in [5.41, 5.74) is 3.44. The van der Waals surface area contributed by atoms with Crippen molar-refractivity contribution in [2.24, 2.45) is 0 Å². The van der Waals surface area contributed by atoms with Crippen LogP contribution in [0.1, 0.15) is 39.5 Å². The average molecular weight is 384 g/mol. The molecule has 28 heavy (non-hydrogen) atoms. The molecule has 0 aromatic heterocycles. The summed E-state index contributed by atoms with van der Waals surface area (Å²) in [4.78, 5) is 13.2. The van der Waals surface area contributed by atoms with E-state index in [4.69, 9.17) is 14.2 Å². The lowest BCUT2D eigenvalue weighted by atomic mass is 9.85. The third-order valence-electron chi connectivity index (χ3n) is 5.91. The number of methoxy groups -OCH3 is 1. The number of hydrogen-bond donors (Lipinski definition) is 1. The summed E-state index contributed by atoms with van der Waals surface area (Å²) in [6, 6.07) is 7.03. The van der Waals surface area contributed by atoms with Crippen molar-refractivity contribution in [3.8, 4) is 23.0 Å². The van der Waals surface area contributed by atoms with E-state index in [-0.39, 0.29) is 30.8 Å². The van der Waals surface area contributed by atoms with Gasteiger partial charge in [0.1, 0.15) is 11.8 Å². The standard InChI is InChI=1S/C22H25NO5/c1-13-5-6-17(24)15(9-13)18(25)11-16-20-14(7-8-23(16,2)3)10-19-21(22(20)26-4)28-12-27-19/h5-6,9-10,16H,7-8,11-12H2,1-4H3/p+1/t16-/m1/s1. The van der Waals surface area contributed by atoms with Gasteiger partial charge in [-0.05, 0) is 30.7 Å². The smallest absolute Gasteiger partial charge is 0.231 e. The molecule has 0 saturated carbocycles. The van der Waals surface area contributed by atoms with Crippen LogP contribution >= 0.6 is 0 Å². The van der Waals surface area contributed by atoms with Gasteiger partial charge in [0.15, 0.2) is 17.3 Å². The summed E-state index contributed by atoms with van der Waals surface area (Å²) < 4.78 is 17.6. The van der Waals surface area contributed by atoms with Gasteiger partial charge in [-0.2, -0.15) is 0 Å². The third-order valence-corrected chi connectivity index (χ3v) is 5.91. The Bertz CT molecular complexity index is 950. The van der Waals surface area contributed by atoms with Crippen LogP contribution in [0, 0.1) is 6.92 Å².